The summed E-state index contributed by atoms with van der Waals surface area (Å²) in [5, 5.41) is 4.73. The highest BCUT2D eigenvalue weighted by Crippen LogP contribution is 2.71. The summed E-state index contributed by atoms with van der Waals surface area (Å²) in [5.41, 5.74) is -1.23. The van der Waals surface area contributed by atoms with Gasteiger partial charge in [0.2, 0.25) is 0 Å². The summed E-state index contributed by atoms with van der Waals surface area (Å²) in [4.78, 5) is 67.3. The monoisotopic (exact) mass is 1520 g/mol. The Hall–Kier alpha value is -6.94. The van der Waals surface area contributed by atoms with E-state index < -0.39 is 55.9 Å². The van der Waals surface area contributed by atoms with Gasteiger partial charge in [-0.05, 0) is 261 Å². The number of ether oxygens (including phenoxy) is 7. The van der Waals surface area contributed by atoms with Gasteiger partial charge in [0, 0.05) is 12.1 Å². The summed E-state index contributed by atoms with van der Waals surface area (Å²) in [5.74, 6) is 4.88. The molecule has 0 spiro atoms. The fraction of sp³-hybridized carbons (Fsp3) is 0.605. The molecule has 1 aromatic heterocycles. The Bertz CT molecular complexity index is 3760. The van der Waals surface area contributed by atoms with Gasteiger partial charge < -0.3 is 42.8 Å². The van der Waals surface area contributed by atoms with Crippen molar-refractivity contribution in [2.45, 2.75) is 283 Å². The van der Waals surface area contributed by atoms with Crippen LogP contribution in [0.1, 0.15) is 227 Å². The first-order valence-electron chi connectivity index (χ1n) is 38.5. The van der Waals surface area contributed by atoms with Crippen LogP contribution in [0.4, 0.5) is 8.78 Å². The molecule has 21 heteroatoms. The van der Waals surface area contributed by atoms with E-state index in [1.165, 1.54) is 78.5 Å². The molecule has 7 aliphatic rings. The van der Waals surface area contributed by atoms with Crippen molar-refractivity contribution < 1.29 is 84.0 Å². The standard InChI is InChI=1S/C20H32O2.C18H15S.C15H24O.C13H18O5.C11H15NO3.C9H16F2O5S/c1-5-19(3,4)18(21)22-20(6-2)11-14-10-15(20)17-13-8-7-12(9-13)16(14)17;1-4-10-16(11-5-1)19(17-12-6-2-7-13-17)18-14-8-3-9-15-18;1-6-12(3)13-8-10-14(11-9-13)16-15(4,5)7-2;1-4-13(2,3)12(15)18-9-7-5-6-8(16-7)10(9)17-11(6)14;1-4-11(2,3)10(14)15-9-8(13)6-5-7-12-9;1-5-8(3,4)7(12)16-6(2)9(10,11)17(13,14)15/h12-17H,5-11H2,1-4H3;1-15H;8-12H,6-7H2,1-5H3;6-10H,4-5H2,1-3H3;5-7,13H,4H2,1-3H3;6H,5H2,1-4H3,(H,13,14,15)/q;+1;;;;/p-1. The maximum Gasteiger partial charge on any atom is 0.369 e. The van der Waals surface area contributed by atoms with Crippen LogP contribution in [-0.2, 0) is 68.7 Å². The van der Waals surface area contributed by atoms with Crippen LogP contribution < -0.4 is 9.47 Å². The molecule has 107 heavy (non-hydrogen) atoms. The normalized spacial score (nSPS) is 24.9. The Morgan fingerprint density at radius 3 is 1.60 bits per heavy atom. The van der Waals surface area contributed by atoms with E-state index in [0.717, 1.165) is 61.0 Å². The molecule has 17 nitrogen and oxygen atoms in total. The van der Waals surface area contributed by atoms with Gasteiger partial charge in [0.1, 0.15) is 23.1 Å². The summed E-state index contributed by atoms with van der Waals surface area (Å²) in [6, 6.07) is 43.7. The van der Waals surface area contributed by atoms with Gasteiger partial charge in [0.15, 0.2) is 48.9 Å². The Balaban J connectivity index is 0.000000180. The third-order valence-corrected chi connectivity index (χ3v) is 27.1. The van der Waals surface area contributed by atoms with Crippen LogP contribution in [0.25, 0.3) is 0 Å². The maximum absolute atomic E-state index is 13.0. The van der Waals surface area contributed by atoms with Crippen LogP contribution in [0, 0.1) is 63.1 Å². The largest absolute Gasteiger partial charge is 0.743 e. The number of fused-ring (bicyclic) bond motifs is 10. The lowest BCUT2D eigenvalue weighted by Crippen LogP contribution is -2.49. The molecule has 4 heterocycles. The third-order valence-electron chi connectivity index (χ3n) is 23.8. The predicted molar refractivity (Wildman–Crippen MR) is 409 cm³/mol. The molecule has 14 unspecified atom stereocenters. The zero-order chi connectivity index (χ0) is 79.4. The molecule has 0 radical (unpaired) electrons. The number of hydrogen-bond donors (Lipinski definition) is 1. The van der Waals surface area contributed by atoms with Crippen molar-refractivity contribution in [2.75, 3.05) is 0 Å². The first-order valence-corrected chi connectivity index (χ1v) is 41.1. The number of halogens is 2. The number of esters is 5. The van der Waals surface area contributed by atoms with E-state index in [2.05, 4.69) is 173 Å². The highest BCUT2D eigenvalue weighted by Gasteiger charge is 2.68. The molecule has 4 aliphatic carbocycles. The Morgan fingerprint density at radius 1 is 0.626 bits per heavy atom. The second kappa shape index (κ2) is 36.3. The molecule has 4 saturated carbocycles. The number of carbonyl (C=O) groups excluding carboxylic acids is 5. The summed E-state index contributed by atoms with van der Waals surface area (Å²) < 4.78 is 94.9. The minimum atomic E-state index is -5.86. The number of carbonyl (C=O) groups is 5. The first-order chi connectivity index (χ1) is 50.1. The Kier molecular flexibility index (Phi) is 29.6. The molecule has 3 saturated heterocycles. The number of aromatic hydroxyl groups is 1. The lowest BCUT2D eigenvalue weighted by molar-refractivity contribution is -0.183. The molecule has 6 bridgehead atoms. The van der Waals surface area contributed by atoms with Crippen molar-refractivity contribution in [1.82, 2.24) is 4.98 Å². The number of aromatic nitrogens is 1. The number of benzene rings is 4. The summed E-state index contributed by atoms with van der Waals surface area (Å²) in [6.45, 7) is 35.6. The Morgan fingerprint density at radius 2 is 1.12 bits per heavy atom. The SMILES string of the molecule is CCC(C)(C)C(=O)OC(C)C(F)(F)S(=O)(=O)[O-].CCC(C)(C)C(=O)OC1(CC)CC2CC1C1C3CCC(C3)C21.CCC(C)(C)C(=O)OC1C2CC3C(=O)OC1C3O2.CCC(C)(C)C(=O)Oc1ncccc1O.CCC(C)c1ccc(OC(C)(C)CC)cc1.c1ccc([S+](c2ccccc2)c2ccccc2)cc1. The van der Waals surface area contributed by atoms with Gasteiger partial charge in [-0.15, -0.1) is 0 Å². The van der Waals surface area contributed by atoms with E-state index in [4.69, 9.17) is 28.4 Å². The molecule has 3 aliphatic heterocycles. The van der Waals surface area contributed by atoms with Gasteiger partial charge >= 0.3 is 35.1 Å². The zero-order valence-electron chi connectivity index (χ0n) is 66.5. The van der Waals surface area contributed by atoms with Crippen molar-refractivity contribution in [1.29, 1.82) is 0 Å². The molecule has 14 atom stereocenters. The topological polar surface area (TPSA) is 240 Å². The quantitative estimate of drug-likeness (QED) is 0.0210. The van der Waals surface area contributed by atoms with Gasteiger partial charge in [0.05, 0.1) is 44.6 Å². The molecule has 0 amide bonds. The zero-order valence-corrected chi connectivity index (χ0v) is 68.1. The number of alkyl halides is 2. The molecule has 12 rings (SSSR count). The molecular weight excluding hydrogens is 1410 g/mol. The van der Waals surface area contributed by atoms with E-state index in [1.54, 1.807) is 26.8 Å². The highest BCUT2D eigenvalue weighted by molar-refractivity contribution is 7.97. The molecule has 1 N–H and O–H groups in total. The minimum Gasteiger partial charge on any atom is -0.743 e. The molecular formula is C86H119F2NO16S2. The highest BCUT2D eigenvalue weighted by atomic mass is 32.2. The van der Waals surface area contributed by atoms with Crippen LogP contribution in [0.2, 0.25) is 0 Å². The molecule has 7 fully saturated rings. The second-order valence-electron chi connectivity index (χ2n) is 32.9. The van der Waals surface area contributed by atoms with Gasteiger partial charge in [-0.2, -0.15) is 8.78 Å². The van der Waals surface area contributed by atoms with Gasteiger partial charge in [0.25, 0.3) is 5.88 Å². The lowest BCUT2D eigenvalue weighted by Gasteiger charge is -2.46. The predicted octanol–water partition coefficient (Wildman–Crippen LogP) is 19.0. The molecule has 5 aromatic rings. The Labute approximate surface area is 638 Å². The minimum absolute atomic E-state index is 0.0146. The lowest BCUT2D eigenvalue weighted by atomic mass is 9.65. The van der Waals surface area contributed by atoms with E-state index in [1.807, 2.05) is 41.5 Å². The van der Waals surface area contributed by atoms with E-state index in [0.29, 0.717) is 44.4 Å². The van der Waals surface area contributed by atoms with E-state index in [9.17, 15) is 50.8 Å². The van der Waals surface area contributed by atoms with Crippen molar-refractivity contribution in [3.8, 4) is 17.4 Å². The third kappa shape index (κ3) is 20.9. The van der Waals surface area contributed by atoms with Crippen LogP contribution >= 0.6 is 0 Å². The van der Waals surface area contributed by atoms with Crippen molar-refractivity contribution in [3.63, 3.8) is 0 Å². The average Bonchev–Trinajstić information content (AvgIpc) is 1.53. The summed E-state index contributed by atoms with van der Waals surface area (Å²) in [6.07, 6.45) is 11.3. The van der Waals surface area contributed by atoms with Gasteiger partial charge in [-0.3, -0.25) is 24.0 Å². The van der Waals surface area contributed by atoms with Crippen molar-refractivity contribution >= 4 is 50.9 Å². The van der Waals surface area contributed by atoms with E-state index in [-0.39, 0.29) is 81.1 Å². The fourth-order valence-electron chi connectivity index (χ4n) is 14.7. The van der Waals surface area contributed by atoms with Crippen LogP contribution in [0.5, 0.6) is 17.4 Å². The number of hydrogen-bond acceptors (Lipinski definition) is 17. The maximum atomic E-state index is 13.0. The number of nitrogens with zero attached hydrogens (tertiary/aromatic N) is 1. The number of rotatable bonds is 23. The van der Waals surface area contributed by atoms with Crippen LogP contribution in [0.15, 0.2) is 148 Å². The van der Waals surface area contributed by atoms with Crippen molar-refractivity contribution in [2.24, 2.45) is 63.1 Å². The number of pyridine rings is 1. The van der Waals surface area contributed by atoms with Crippen LogP contribution in [0.3, 0.4) is 0 Å². The van der Waals surface area contributed by atoms with Gasteiger partial charge in [-0.25, -0.2) is 13.4 Å². The first kappa shape index (κ1) is 87.3. The second-order valence-corrected chi connectivity index (χ2v) is 36.4. The molecule has 590 valence electrons. The van der Waals surface area contributed by atoms with Crippen LogP contribution in [-0.4, -0.2) is 99.9 Å². The fourth-order valence-corrected chi connectivity index (χ4v) is 17.3. The summed E-state index contributed by atoms with van der Waals surface area (Å²) in [7, 11) is -5.87. The smallest absolute Gasteiger partial charge is 0.369 e. The van der Waals surface area contributed by atoms with Crippen molar-refractivity contribution in [3.05, 3.63) is 139 Å². The van der Waals surface area contributed by atoms with Gasteiger partial charge in [-0.1, -0.05) is 122 Å². The van der Waals surface area contributed by atoms with E-state index >= 15 is 0 Å². The molecule has 4 aromatic carbocycles. The average molecular weight is 1530 g/mol. The summed E-state index contributed by atoms with van der Waals surface area (Å²) >= 11 is 0.